The summed E-state index contributed by atoms with van der Waals surface area (Å²) in [6.07, 6.45) is 11.1. The number of likely N-dealkylation sites (N-methyl/N-ethyl adjacent to an activating group) is 1. The third-order valence-electron chi connectivity index (χ3n) is 4.94. The molecule has 2 atom stereocenters. The van der Waals surface area contributed by atoms with Gasteiger partial charge in [0.05, 0.1) is 36.7 Å². The Labute approximate surface area is 192 Å². The molecule has 0 fully saturated rings. The van der Waals surface area contributed by atoms with Crippen LogP contribution in [0.5, 0.6) is 11.6 Å². The number of nitrogens with one attached hydrogen (secondary N) is 2. The zero-order valence-electron chi connectivity index (χ0n) is 18.2. The first-order chi connectivity index (χ1) is 15.5. The highest BCUT2D eigenvalue weighted by atomic mass is 35.5. The van der Waals surface area contributed by atoms with E-state index in [1.54, 1.807) is 31.0 Å². The highest BCUT2D eigenvalue weighted by Gasteiger charge is 2.27. The smallest absolute Gasteiger partial charge is 0.233 e. The van der Waals surface area contributed by atoms with Crippen LogP contribution in [0.2, 0.25) is 5.02 Å². The average Bonchev–Trinajstić information content (AvgIpc) is 2.77. The third kappa shape index (κ3) is 5.54. The van der Waals surface area contributed by atoms with E-state index in [-0.39, 0.29) is 12.1 Å². The van der Waals surface area contributed by atoms with Crippen molar-refractivity contribution in [3.05, 3.63) is 58.9 Å². The van der Waals surface area contributed by atoms with Gasteiger partial charge in [0.2, 0.25) is 5.88 Å². The minimum Gasteiger partial charge on any atom is -0.491 e. The molecule has 1 aliphatic carbocycles. The first-order valence-electron chi connectivity index (χ1n) is 10.3. The van der Waals surface area contributed by atoms with Gasteiger partial charge in [-0.3, -0.25) is 9.98 Å². The number of rotatable bonds is 8. The summed E-state index contributed by atoms with van der Waals surface area (Å²) in [5.74, 6) is 2.46. The van der Waals surface area contributed by atoms with Gasteiger partial charge in [0, 0.05) is 24.6 Å². The average molecular weight is 456 g/mol. The number of hydrogen-bond acceptors (Lipinski definition) is 9. The first kappa shape index (κ1) is 22.0. The largest absolute Gasteiger partial charge is 0.491 e. The van der Waals surface area contributed by atoms with E-state index in [0.717, 1.165) is 23.6 Å². The minimum absolute atomic E-state index is 0.0621. The Balaban J connectivity index is 1.44. The molecule has 0 saturated carbocycles. The molecule has 3 heterocycles. The van der Waals surface area contributed by atoms with Gasteiger partial charge in [-0.15, -0.1) is 0 Å². The van der Waals surface area contributed by atoms with Crippen LogP contribution in [0.1, 0.15) is 12.1 Å². The van der Waals surface area contributed by atoms with E-state index in [1.165, 1.54) is 0 Å². The normalized spacial score (nSPS) is 19.5. The van der Waals surface area contributed by atoms with Crippen molar-refractivity contribution in [1.29, 1.82) is 0 Å². The lowest BCUT2D eigenvalue weighted by atomic mass is 9.93. The predicted octanol–water partition coefficient (Wildman–Crippen LogP) is 2.80. The first-order valence-corrected chi connectivity index (χ1v) is 10.7. The molecule has 0 saturated heterocycles. The van der Waals surface area contributed by atoms with Gasteiger partial charge < -0.3 is 25.0 Å². The van der Waals surface area contributed by atoms with Gasteiger partial charge in [0.25, 0.3) is 0 Å². The van der Waals surface area contributed by atoms with Crippen molar-refractivity contribution in [2.24, 2.45) is 4.99 Å². The highest BCUT2D eigenvalue weighted by molar-refractivity contribution is 6.31. The molecule has 2 aromatic rings. The quantitative estimate of drug-likeness (QED) is 0.586. The highest BCUT2D eigenvalue weighted by Crippen LogP contribution is 2.31. The summed E-state index contributed by atoms with van der Waals surface area (Å²) in [6.45, 7) is 3.26. The van der Waals surface area contributed by atoms with Gasteiger partial charge in [0.1, 0.15) is 35.1 Å². The standard InChI is InChI=1S/C22H26ClN7O2/c1-14-10-25-20(12-24-14)29-21-17-8-15(4-5-19(17)27-13-28-21)32-22-18(23)9-16(11-26-22)31-7-6-30(2)3/h4-5,9-13,15,19H,6-8H2,1-3H3,(H,25,29)(H,27,28). The van der Waals surface area contributed by atoms with Crippen LogP contribution in [0.3, 0.4) is 0 Å². The van der Waals surface area contributed by atoms with Crippen LogP contribution in [0, 0.1) is 6.92 Å². The number of pyridine rings is 1. The summed E-state index contributed by atoms with van der Waals surface area (Å²) in [6, 6.07) is 1.66. The minimum atomic E-state index is -0.234. The molecule has 2 unspecified atom stereocenters. The van der Waals surface area contributed by atoms with Gasteiger partial charge in [-0.05, 0) is 27.1 Å². The number of hydrogen-bond donors (Lipinski definition) is 2. The molecule has 0 aromatic carbocycles. The van der Waals surface area contributed by atoms with Gasteiger partial charge >= 0.3 is 0 Å². The van der Waals surface area contributed by atoms with E-state index in [2.05, 4.69) is 30.6 Å². The number of aliphatic imine (C=N–C) groups is 1. The molecular weight excluding hydrogens is 430 g/mol. The van der Waals surface area contributed by atoms with Crippen molar-refractivity contribution in [2.45, 2.75) is 25.5 Å². The van der Waals surface area contributed by atoms with Crippen molar-refractivity contribution in [3.8, 4) is 11.6 Å². The Kier molecular flexibility index (Phi) is 6.87. The van der Waals surface area contributed by atoms with Crippen LogP contribution in [0.25, 0.3) is 0 Å². The molecule has 0 spiro atoms. The van der Waals surface area contributed by atoms with Crippen LogP contribution < -0.4 is 20.1 Å². The number of aromatic nitrogens is 3. The molecule has 0 bridgehead atoms. The van der Waals surface area contributed by atoms with E-state index in [9.17, 15) is 0 Å². The van der Waals surface area contributed by atoms with Crippen LogP contribution in [-0.2, 0) is 0 Å². The fraction of sp³-hybridized carbons (Fsp3) is 0.364. The molecule has 10 heteroatoms. The monoisotopic (exact) mass is 455 g/mol. The maximum atomic E-state index is 6.40. The summed E-state index contributed by atoms with van der Waals surface area (Å²) < 4.78 is 11.8. The Morgan fingerprint density at radius 3 is 2.81 bits per heavy atom. The molecule has 2 N–H and O–H groups in total. The number of halogens is 1. The summed E-state index contributed by atoms with van der Waals surface area (Å²) in [4.78, 5) is 19.5. The summed E-state index contributed by atoms with van der Waals surface area (Å²) in [5, 5.41) is 6.87. The van der Waals surface area contributed by atoms with Crippen molar-refractivity contribution in [1.82, 2.24) is 25.2 Å². The second-order valence-corrected chi connectivity index (χ2v) is 8.20. The van der Waals surface area contributed by atoms with Crippen LogP contribution in [0.4, 0.5) is 5.82 Å². The maximum absolute atomic E-state index is 6.40. The Morgan fingerprint density at radius 2 is 2.06 bits per heavy atom. The molecule has 2 aromatic heterocycles. The Bertz CT molecular complexity index is 1040. The van der Waals surface area contributed by atoms with Gasteiger partial charge in [0.15, 0.2) is 0 Å². The second kappa shape index (κ2) is 9.97. The number of aryl methyl sites for hydroxylation is 1. The summed E-state index contributed by atoms with van der Waals surface area (Å²) >= 11 is 6.40. The zero-order valence-corrected chi connectivity index (χ0v) is 19.0. The Morgan fingerprint density at radius 1 is 1.19 bits per heavy atom. The second-order valence-electron chi connectivity index (χ2n) is 7.79. The zero-order chi connectivity index (χ0) is 22.5. The van der Waals surface area contributed by atoms with Crippen LogP contribution >= 0.6 is 11.6 Å². The van der Waals surface area contributed by atoms with Gasteiger partial charge in [-0.25, -0.2) is 9.97 Å². The van der Waals surface area contributed by atoms with Gasteiger partial charge in [-0.2, -0.15) is 0 Å². The predicted molar refractivity (Wildman–Crippen MR) is 124 cm³/mol. The molecule has 4 rings (SSSR count). The lowest BCUT2D eigenvalue weighted by molar-refractivity contribution is 0.231. The van der Waals surface area contributed by atoms with Crippen molar-refractivity contribution >= 4 is 23.8 Å². The number of ether oxygens (including phenoxy) is 2. The summed E-state index contributed by atoms with van der Waals surface area (Å²) in [5.41, 5.74) is 1.92. The molecule has 2 aliphatic rings. The topological polar surface area (TPSA) is 96.8 Å². The van der Waals surface area contributed by atoms with E-state index in [0.29, 0.717) is 35.5 Å². The maximum Gasteiger partial charge on any atom is 0.233 e. The molecule has 9 nitrogen and oxygen atoms in total. The summed E-state index contributed by atoms with van der Waals surface area (Å²) in [7, 11) is 3.98. The fourth-order valence-electron chi connectivity index (χ4n) is 3.26. The van der Waals surface area contributed by atoms with Crippen LogP contribution in [-0.4, -0.2) is 65.6 Å². The van der Waals surface area contributed by atoms with E-state index in [4.69, 9.17) is 21.1 Å². The fourth-order valence-corrected chi connectivity index (χ4v) is 3.46. The molecule has 1 aliphatic heterocycles. The van der Waals surface area contributed by atoms with E-state index in [1.807, 2.05) is 38.1 Å². The molecule has 32 heavy (non-hydrogen) atoms. The molecular formula is C22H26ClN7O2. The van der Waals surface area contributed by atoms with Crippen molar-refractivity contribution in [3.63, 3.8) is 0 Å². The lowest BCUT2D eigenvalue weighted by Crippen LogP contribution is -2.34. The van der Waals surface area contributed by atoms with E-state index < -0.39 is 0 Å². The Hall–Kier alpha value is -3.17. The number of fused-ring (bicyclic) bond motifs is 1. The van der Waals surface area contributed by atoms with Gasteiger partial charge in [-0.1, -0.05) is 17.7 Å². The van der Waals surface area contributed by atoms with Crippen LogP contribution in [0.15, 0.2) is 53.2 Å². The third-order valence-corrected chi connectivity index (χ3v) is 5.21. The van der Waals surface area contributed by atoms with E-state index >= 15 is 0 Å². The van der Waals surface area contributed by atoms with Crippen molar-refractivity contribution < 1.29 is 9.47 Å². The molecule has 168 valence electrons. The number of nitrogens with zero attached hydrogens (tertiary/aromatic N) is 5. The van der Waals surface area contributed by atoms with Crippen molar-refractivity contribution in [2.75, 3.05) is 32.6 Å². The number of anilines is 1. The lowest BCUT2D eigenvalue weighted by Gasteiger charge is -2.29. The molecule has 0 radical (unpaired) electrons. The molecule has 0 amide bonds. The SMILES string of the molecule is Cc1cnc(NC2=C3CC(Oc4ncc(OCCN(C)C)cc4Cl)C=CC3N=CN2)cn1.